The summed E-state index contributed by atoms with van der Waals surface area (Å²) >= 11 is 0. The maximum atomic E-state index is 8.48. The van der Waals surface area contributed by atoms with Crippen molar-refractivity contribution in [1.82, 2.24) is 4.98 Å². The molecule has 0 atom stereocenters. The van der Waals surface area contributed by atoms with Crippen molar-refractivity contribution in [3.63, 3.8) is 0 Å². The predicted molar refractivity (Wildman–Crippen MR) is 75.1 cm³/mol. The summed E-state index contributed by atoms with van der Waals surface area (Å²) in [6.07, 6.45) is -0.671. The Balaban J connectivity index is 2.48. The molecule has 3 rings (SSSR count). The Hall–Kier alpha value is -2.41. The first-order valence-electron chi connectivity index (χ1n) is 11.0. The number of hydrogen-bond acceptors (Lipinski definition) is 1. The lowest BCUT2D eigenvalue weighted by atomic mass is 10.0. The first kappa shape index (κ1) is 3.79. The summed E-state index contributed by atoms with van der Waals surface area (Å²) in [6.45, 7) is 0. The molecular weight excluding hydrogens is 218 g/mol. The molecule has 0 radical (unpaired) electrons. The predicted octanol–water partition coefficient (Wildman–Crippen LogP) is 4.42. The third-order valence-electron chi connectivity index (χ3n) is 2.15. The molecule has 0 aliphatic rings. The van der Waals surface area contributed by atoms with E-state index < -0.39 is 83.8 Å². The van der Waals surface area contributed by atoms with E-state index in [4.69, 9.17) is 16.4 Å². The molecule has 1 heterocycles. The van der Waals surface area contributed by atoms with Gasteiger partial charge in [0.15, 0.2) is 0 Å². The van der Waals surface area contributed by atoms with E-state index in [0.717, 1.165) is 6.07 Å². The molecule has 1 aromatic heterocycles. The van der Waals surface area contributed by atoms with Crippen LogP contribution in [0.4, 0.5) is 0 Å². The van der Waals surface area contributed by atoms with Gasteiger partial charge in [-0.2, -0.15) is 0 Å². The van der Waals surface area contributed by atoms with Crippen LogP contribution in [0.15, 0.2) is 78.7 Å². The molecule has 1 nitrogen and oxygen atoms in total. The van der Waals surface area contributed by atoms with Crippen molar-refractivity contribution in [2.24, 2.45) is 0 Å². The average molecular weight is 243 g/mol. The molecule has 86 valence electrons. The second kappa shape index (κ2) is 4.84. The van der Waals surface area contributed by atoms with Gasteiger partial charge in [0.25, 0.3) is 0 Å². The number of nitrogens with zero attached hydrogens (tertiary/aromatic N) is 1. The highest BCUT2D eigenvalue weighted by Crippen LogP contribution is 2.23. The fourth-order valence-electron chi connectivity index (χ4n) is 1.35. The van der Waals surface area contributed by atoms with Gasteiger partial charge in [-0.3, -0.25) is 4.98 Å². The van der Waals surface area contributed by atoms with Crippen LogP contribution in [0.25, 0.3) is 22.4 Å². The van der Waals surface area contributed by atoms with Crippen molar-refractivity contribution in [2.45, 2.75) is 0 Å². The zero-order chi connectivity index (χ0) is 22.7. The second-order valence-electron chi connectivity index (χ2n) is 3.27. The summed E-state index contributed by atoms with van der Waals surface area (Å²) in [7, 11) is 0. The number of aromatic nitrogens is 1. The van der Waals surface area contributed by atoms with Gasteiger partial charge in [-0.25, -0.2) is 0 Å². The van der Waals surface area contributed by atoms with E-state index in [0.29, 0.717) is 0 Å². The smallest absolute Gasteiger partial charge is 0.0840 e. The summed E-state index contributed by atoms with van der Waals surface area (Å²) < 4.78 is 95.4. The quantitative estimate of drug-likeness (QED) is 0.649. The topological polar surface area (TPSA) is 12.9 Å². The molecule has 0 unspecified atom stereocenters. The lowest BCUT2D eigenvalue weighted by Crippen LogP contribution is -1.84. The van der Waals surface area contributed by atoms with Crippen LogP contribution in [0.5, 0.6) is 0 Å². The Labute approximate surface area is 124 Å². The van der Waals surface area contributed by atoms with E-state index in [2.05, 4.69) is 4.98 Å². The van der Waals surface area contributed by atoms with Gasteiger partial charge >= 0.3 is 0 Å². The number of pyridine rings is 1. The van der Waals surface area contributed by atoms with Crippen LogP contribution in [0.1, 0.15) is 16.4 Å². The summed E-state index contributed by atoms with van der Waals surface area (Å²) in [4.78, 5) is 3.81. The molecule has 0 N–H and O–H groups in total. The number of rotatable bonds is 2. The normalized spacial score (nSPS) is 19.6. The monoisotopic (exact) mass is 243 g/mol. The molecule has 0 fully saturated rings. The molecule has 0 saturated heterocycles. The van der Waals surface area contributed by atoms with Crippen molar-refractivity contribution >= 4 is 0 Å². The summed E-state index contributed by atoms with van der Waals surface area (Å²) in [6, 6.07) is -5.48. The van der Waals surface area contributed by atoms with Gasteiger partial charge in [-0.1, -0.05) is 60.4 Å². The molecule has 0 spiro atoms. The molecule has 0 bridgehead atoms. The summed E-state index contributed by atoms with van der Waals surface area (Å²) in [5.74, 6) is 0. The Bertz CT molecular complexity index is 1190. The van der Waals surface area contributed by atoms with E-state index in [1.807, 2.05) is 0 Å². The Morgan fingerprint density at radius 1 is 0.722 bits per heavy atom. The molecule has 1 heteroatoms. The molecule has 0 aliphatic heterocycles. The lowest BCUT2D eigenvalue weighted by Gasteiger charge is -2.04. The van der Waals surface area contributed by atoms with Gasteiger partial charge in [-0.05, 0) is 23.2 Å². The van der Waals surface area contributed by atoms with Gasteiger partial charge in [0, 0.05) is 11.7 Å². The minimum absolute atomic E-state index is 0.201. The zero-order valence-electron chi connectivity index (χ0n) is 21.0. The maximum absolute atomic E-state index is 8.48. The van der Waals surface area contributed by atoms with E-state index in [1.54, 1.807) is 0 Å². The highest BCUT2D eigenvalue weighted by atomic mass is 14.7. The van der Waals surface area contributed by atoms with Gasteiger partial charge in [-0.15, -0.1) is 0 Å². The fraction of sp³-hybridized carbons (Fsp3) is 0. The van der Waals surface area contributed by atoms with Crippen LogP contribution in [-0.2, 0) is 0 Å². The van der Waals surface area contributed by atoms with Gasteiger partial charge in [0.05, 0.1) is 22.1 Å². The van der Waals surface area contributed by atoms with Crippen LogP contribution in [0.3, 0.4) is 0 Å². The lowest BCUT2D eigenvalue weighted by molar-refractivity contribution is 1.33. The minimum Gasteiger partial charge on any atom is -0.256 e. The Morgan fingerprint density at radius 3 is 2.28 bits per heavy atom. The highest BCUT2D eigenvalue weighted by molar-refractivity contribution is 5.70. The van der Waals surface area contributed by atoms with Crippen molar-refractivity contribution in [3.8, 4) is 22.4 Å². The van der Waals surface area contributed by atoms with Crippen LogP contribution >= 0.6 is 0 Å². The van der Waals surface area contributed by atoms with Crippen LogP contribution in [0.2, 0.25) is 0 Å². The SMILES string of the molecule is [2H]c1cc(-c2nc([2H])c([2H])c(-c3c([2H])c([2H])c([2H])c([2H])c3[2H])c2[2H])c([2H])c([2H])c1[2H]. The third-order valence-corrected chi connectivity index (χ3v) is 2.15. The molecule has 2 aromatic carbocycles. The van der Waals surface area contributed by atoms with Crippen molar-refractivity contribution in [2.75, 3.05) is 0 Å². The van der Waals surface area contributed by atoms with Gasteiger partial charge in [0.1, 0.15) is 0 Å². The van der Waals surface area contributed by atoms with E-state index >= 15 is 0 Å². The standard InChI is InChI=1S/C17H13N/c1-3-7-14(8-4-1)16-11-12-18-17(13-16)15-9-5-2-6-10-15/h1-13H/i1D,2D,3D,4D,5D,6D,7D,8D,9D,11D,12D,13D. The zero-order valence-corrected chi connectivity index (χ0v) is 9.02. The van der Waals surface area contributed by atoms with Crippen LogP contribution in [0, 0.1) is 0 Å². The van der Waals surface area contributed by atoms with Gasteiger partial charge in [0.2, 0.25) is 0 Å². The maximum Gasteiger partial charge on any atom is 0.0840 e. The van der Waals surface area contributed by atoms with Crippen LogP contribution in [-0.4, -0.2) is 4.98 Å². The Morgan fingerprint density at radius 2 is 1.44 bits per heavy atom. The minimum atomic E-state index is -0.671. The van der Waals surface area contributed by atoms with E-state index in [9.17, 15) is 0 Å². The van der Waals surface area contributed by atoms with Gasteiger partial charge < -0.3 is 0 Å². The molecular formula is C17H13N. The van der Waals surface area contributed by atoms with E-state index in [-0.39, 0.29) is 11.3 Å². The molecule has 18 heavy (non-hydrogen) atoms. The van der Waals surface area contributed by atoms with Crippen molar-refractivity contribution in [1.29, 1.82) is 0 Å². The fourth-order valence-corrected chi connectivity index (χ4v) is 1.35. The largest absolute Gasteiger partial charge is 0.256 e. The number of hydrogen-bond donors (Lipinski definition) is 0. The third kappa shape index (κ3) is 2.16. The summed E-state index contributed by atoms with van der Waals surface area (Å²) in [5.41, 5.74) is -1.44. The molecule has 0 amide bonds. The van der Waals surface area contributed by atoms with E-state index in [1.165, 1.54) is 0 Å². The number of benzene rings is 2. The molecule has 3 aromatic rings. The summed E-state index contributed by atoms with van der Waals surface area (Å²) in [5, 5.41) is 0. The molecule has 0 aliphatic carbocycles. The van der Waals surface area contributed by atoms with Crippen LogP contribution < -0.4 is 0 Å². The Kier molecular flexibility index (Phi) is 1.02. The molecule has 0 saturated carbocycles. The first-order chi connectivity index (χ1) is 13.9. The van der Waals surface area contributed by atoms with Crippen molar-refractivity contribution in [3.05, 3.63) is 78.7 Å². The first-order valence-corrected chi connectivity index (χ1v) is 5.02. The second-order valence-corrected chi connectivity index (χ2v) is 3.27. The van der Waals surface area contributed by atoms with Crippen molar-refractivity contribution < 1.29 is 16.4 Å². The average Bonchev–Trinajstić information content (AvgIpc) is 2.71. The highest BCUT2D eigenvalue weighted by Gasteiger charge is 2.01.